The third-order valence-corrected chi connectivity index (χ3v) is 3.01. The lowest BCUT2D eigenvalue weighted by Gasteiger charge is -2.18. The molecule has 0 amide bonds. The third kappa shape index (κ3) is 14.1. The van der Waals surface area contributed by atoms with Gasteiger partial charge in [-0.05, 0) is 7.05 Å². The Kier molecular flexibility index (Phi) is 16.5. The topological polar surface area (TPSA) is 89.4 Å². The summed E-state index contributed by atoms with van der Waals surface area (Å²) in [6.07, 6.45) is 0. The van der Waals surface area contributed by atoms with E-state index < -0.39 is 0 Å². The highest BCUT2D eigenvalue weighted by atomic mass is 15.5. The van der Waals surface area contributed by atoms with Gasteiger partial charge in [-0.25, -0.2) is 5.01 Å². The predicted molar refractivity (Wildman–Crippen MR) is 86.8 cm³/mol. The molecule has 0 radical (unpaired) electrons. The Morgan fingerprint density at radius 3 is 1.60 bits per heavy atom. The lowest BCUT2D eigenvalue weighted by molar-refractivity contribution is 0.220. The van der Waals surface area contributed by atoms with Gasteiger partial charge in [0.1, 0.15) is 0 Å². The highest BCUT2D eigenvalue weighted by Crippen LogP contribution is 1.76. The van der Waals surface area contributed by atoms with Crippen LogP contribution in [0.15, 0.2) is 0 Å². The summed E-state index contributed by atoms with van der Waals surface area (Å²) >= 11 is 0. The second-order valence-electron chi connectivity index (χ2n) is 4.59. The fraction of sp³-hybridized carbons (Fsp3) is 1.00. The summed E-state index contributed by atoms with van der Waals surface area (Å²) in [5.74, 6) is 0. The molecule has 20 heavy (non-hydrogen) atoms. The van der Waals surface area contributed by atoms with Crippen LogP contribution in [0.25, 0.3) is 0 Å². The monoisotopic (exact) mass is 289 g/mol. The molecule has 7 heteroatoms. The molecule has 7 nitrogen and oxygen atoms in total. The van der Waals surface area contributed by atoms with Gasteiger partial charge >= 0.3 is 0 Å². The fourth-order valence-corrected chi connectivity index (χ4v) is 1.77. The Morgan fingerprint density at radius 2 is 1.20 bits per heavy atom. The van der Waals surface area contributed by atoms with E-state index in [0.29, 0.717) is 6.54 Å². The van der Waals surface area contributed by atoms with E-state index in [0.717, 1.165) is 65.4 Å². The number of nitrogens with one attached hydrogen (secondary N) is 5. The number of hydrogen-bond acceptors (Lipinski definition) is 7. The van der Waals surface area contributed by atoms with Crippen molar-refractivity contribution < 1.29 is 0 Å². The molecular weight excluding hydrogens is 254 g/mol. The summed E-state index contributed by atoms with van der Waals surface area (Å²) in [7, 11) is 1.96. The van der Waals surface area contributed by atoms with Crippen molar-refractivity contribution >= 4 is 0 Å². The van der Waals surface area contributed by atoms with Crippen molar-refractivity contribution in [2.75, 3.05) is 79.0 Å². The second kappa shape index (κ2) is 16.8. The van der Waals surface area contributed by atoms with Crippen LogP contribution in [0.1, 0.15) is 6.92 Å². The Morgan fingerprint density at radius 1 is 0.750 bits per heavy atom. The van der Waals surface area contributed by atoms with Crippen LogP contribution in [0.5, 0.6) is 0 Å². The van der Waals surface area contributed by atoms with E-state index in [-0.39, 0.29) is 0 Å². The van der Waals surface area contributed by atoms with E-state index >= 15 is 0 Å². The van der Waals surface area contributed by atoms with Crippen LogP contribution in [0, 0.1) is 0 Å². The maximum Gasteiger partial charge on any atom is 0.0256 e. The highest BCUT2D eigenvalue weighted by molar-refractivity contribution is 4.57. The summed E-state index contributed by atoms with van der Waals surface area (Å²) in [6.45, 7) is 12.9. The van der Waals surface area contributed by atoms with Crippen molar-refractivity contribution in [2.24, 2.45) is 5.73 Å². The molecule has 0 aliphatic heterocycles. The molecule has 0 aromatic rings. The van der Waals surface area contributed by atoms with E-state index in [9.17, 15) is 0 Å². The van der Waals surface area contributed by atoms with Crippen LogP contribution in [-0.4, -0.2) is 84.0 Å². The van der Waals surface area contributed by atoms with Gasteiger partial charge in [0.2, 0.25) is 0 Å². The number of hydrazine groups is 1. The minimum Gasteiger partial charge on any atom is -0.329 e. The van der Waals surface area contributed by atoms with Crippen LogP contribution in [0.4, 0.5) is 0 Å². The maximum absolute atomic E-state index is 5.39. The van der Waals surface area contributed by atoms with Crippen molar-refractivity contribution in [1.82, 2.24) is 31.7 Å². The number of rotatable bonds is 16. The Balaban J connectivity index is 3.02. The van der Waals surface area contributed by atoms with Gasteiger partial charge in [0, 0.05) is 72.0 Å². The summed E-state index contributed by atoms with van der Waals surface area (Å²) in [4.78, 5) is 0. The number of nitrogens with zero attached hydrogens (tertiary/aromatic N) is 1. The molecule has 0 unspecified atom stereocenters. The molecule has 122 valence electrons. The number of hydrogen-bond donors (Lipinski definition) is 6. The molecule has 0 aromatic carbocycles. The van der Waals surface area contributed by atoms with Gasteiger partial charge in [-0.15, -0.1) is 0 Å². The molecule has 0 spiro atoms. The molecule has 0 aliphatic carbocycles. The molecule has 7 N–H and O–H groups in total. The van der Waals surface area contributed by atoms with Crippen LogP contribution in [0.2, 0.25) is 0 Å². The lowest BCUT2D eigenvalue weighted by Crippen LogP contribution is -2.41. The average molecular weight is 289 g/mol. The smallest absolute Gasteiger partial charge is 0.0256 e. The van der Waals surface area contributed by atoms with Gasteiger partial charge in [0.05, 0.1) is 0 Å². The maximum atomic E-state index is 5.39. The van der Waals surface area contributed by atoms with Gasteiger partial charge in [-0.2, -0.15) is 0 Å². The van der Waals surface area contributed by atoms with Gasteiger partial charge in [0.25, 0.3) is 0 Å². The van der Waals surface area contributed by atoms with Crippen molar-refractivity contribution in [3.8, 4) is 0 Å². The first-order chi connectivity index (χ1) is 9.85. The molecule has 0 aromatic heterocycles. The first-order valence-electron chi connectivity index (χ1n) is 7.80. The summed E-state index contributed by atoms with van der Waals surface area (Å²) < 4.78 is 0. The van der Waals surface area contributed by atoms with E-state index in [2.05, 4.69) is 38.6 Å². The molecule has 0 rings (SSSR count). The Labute approximate surface area is 124 Å². The molecule has 0 saturated carbocycles. The number of likely N-dealkylation sites (N-methyl/N-ethyl adjacent to an activating group) is 1. The normalized spacial score (nSPS) is 11.4. The van der Waals surface area contributed by atoms with Crippen molar-refractivity contribution in [1.29, 1.82) is 0 Å². The van der Waals surface area contributed by atoms with Crippen molar-refractivity contribution in [3.63, 3.8) is 0 Å². The summed E-state index contributed by atoms with van der Waals surface area (Å²) in [5, 5.41) is 15.6. The van der Waals surface area contributed by atoms with Crippen LogP contribution < -0.4 is 32.4 Å². The first-order valence-corrected chi connectivity index (χ1v) is 7.80. The van der Waals surface area contributed by atoms with Gasteiger partial charge < -0.3 is 27.0 Å². The van der Waals surface area contributed by atoms with Crippen LogP contribution in [0.3, 0.4) is 0 Å². The second-order valence-corrected chi connectivity index (χ2v) is 4.59. The van der Waals surface area contributed by atoms with E-state index in [1.54, 1.807) is 0 Å². The third-order valence-electron chi connectivity index (χ3n) is 3.01. The lowest BCUT2D eigenvalue weighted by atomic mass is 10.5. The van der Waals surface area contributed by atoms with Crippen molar-refractivity contribution in [3.05, 3.63) is 0 Å². The minimum atomic E-state index is 0.707. The van der Waals surface area contributed by atoms with Gasteiger partial charge in [-0.3, -0.25) is 5.43 Å². The fourth-order valence-electron chi connectivity index (χ4n) is 1.77. The summed E-state index contributed by atoms with van der Waals surface area (Å²) in [6, 6.07) is 0. The zero-order valence-electron chi connectivity index (χ0n) is 13.3. The zero-order chi connectivity index (χ0) is 14.9. The standard InChI is InChI=1S/C13H35N7/c1-3-20(15-2)13-12-19-11-10-18-9-8-17-7-6-16-5-4-14/h15-19H,3-14H2,1-2H3. The Bertz CT molecular complexity index is 176. The van der Waals surface area contributed by atoms with E-state index in [1.165, 1.54) is 0 Å². The quantitative estimate of drug-likeness (QED) is 0.141. The largest absolute Gasteiger partial charge is 0.329 e. The van der Waals surface area contributed by atoms with E-state index in [4.69, 9.17) is 5.73 Å². The van der Waals surface area contributed by atoms with E-state index in [1.807, 2.05) is 7.05 Å². The van der Waals surface area contributed by atoms with Gasteiger partial charge in [0.15, 0.2) is 0 Å². The number of nitrogens with two attached hydrogens (primary N) is 1. The van der Waals surface area contributed by atoms with Crippen LogP contribution in [-0.2, 0) is 0 Å². The molecular formula is C13H35N7. The molecule has 0 saturated heterocycles. The predicted octanol–water partition coefficient (Wildman–Crippen LogP) is -2.24. The summed E-state index contributed by atoms with van der Waals surface area (Å²) in [5.41, 5.74) is 8.54. The molecule has 0 fully saturated rings. The molecule has 0 bridgehead atoms. The minimum absolute atomic E-state index is 0.707. The Hall–Kier alpha value is -0.280. The van der Waals surface area contributed by atoms with Gasteiger partial charge in [-0.1, -0.05) is 6.92 Å². The molecule has 0 aliphatic rings. The highest BCUT2D eigenvalue weighted by Gasteiger charge is 1.96. The molecule has 0 atom stereocenters. The first kappa shape index (κ1) is 19.7. The SMILES string of the molecule is CCN(CCNCCNCCNCCNCCN)NC. The van der Waals surface area contributed by atoms with Crippen molar-refractivity contribution in [2.45, 2.75) is 6.92 Å². The zero-order valence-corrected chi connectivity index (χ0v) is 13.3. The molecule has 0 heterocycles. The average Bonchev–Trinajstić information content (AvgIpc) is 2.48. The van der Waals surface area contributed by atoms with Crippen LogP contribution >= 0.6 is 0 Å².